The molecule has 2 amide bonds. The van der Waals surface area contributed by atoms with Crippen molar-refractivity contribution in [1.82, 2.24) is 10.2 Å². The smallest absolute Gasteiger partial charge is 0.284 e. The van der Waals surface area contributed by atoms with Crippen LogP contribution < -0.4 is 5.32 Å². The molecule has 1 aliphatic heterocycles. The van der Waals surface area contributed by atoms with Crippen LogP contribution in [0.2, 0.25) is 0 Å². The van der Waals surface area contributed by atoms with E-state index in [-0.39, 0.29) is 0 Å². The van der Waals surface area contributed by atoms with Crippen LogP contribution in [0.25, 0.3) is 0 Å². The number of carbonyl (C=O) groups excluding carboxylic acids is 2. The van der Waals surface area contributed by atoms with E-state index in [2.05, 4.69) is 5.32 Å². The van der Waals surface area contributed by atoms with Gasteiger partial charge in [0.1, 0.15) is 13.2 Å². The number of nitrogens with zero attached hydrogens (tertiary/aromatic N) is 1. The third-order valence-electron chi connectivity index (χ3n) is 2.34. The Hall–Kier alpha value is -1.22. The Bertz CT molecular complexity index is 321. The molecular formula is C9H16N2O6. The highest BCUT2D eigenvalue weighted by atomic mass is 16.7. The average molecular weight is 248 g/mol. The maximum Gasteiger partial charge on any atom is 0.284 e. The van der Waals surface area contributed by atoms with Crippen molar-refractivity contribution >= 4 is 11.8 Å². The highest BCUT2D eigenvalue weighted by Crippen LogP contribution is 2.23. The Morgan fingerprint density at radius 2 is 1.65 bits per heavy atom. The first kappa shape index (κ1) is 13.8. The summed E-state index contributed by atoms with van der Waals surface area (Å²) in [4.78, 5) is 23.9. The van der Waals surface area contributed by atoms with Gasteiger partial charge in [-0.25, -0.2) is 0 Å². The minimum atomic E-state index is -2.19. The van der Waals surface area contributed by atoms with Crippen molar-refractivity contribution in [3.8, 4) is 0 Å². The molecule has 2 unspecified atom stereocenters. The number of ether oxygens (including phenoxy) is 2. The fourth-order valence-corrected chi connectivity index (χ4v) is 1.32. The lowest BCUT2D eigenvalue weighted by molar-refractivity contribution is -0.340. The summed E-state index contributed by atoms with van der Waals surface area (Å²) in [5.74, 6) is -5.90. The summed E-state index contributed by atoms with van der Waals surface area (Å²) >= 11 is 0. The molecule has 0 aliphatic carbocycles. The molecule has 2 atom stereocenters. The van der Waals surface area contributed by atoms with E-state index in [4.69, 9.17) is 9.47 Å². The van der Waals surface area contributed by atoms with Crippen LogP contribution in [0, 0.1) is 0 Å². The Morgan fingerprint density at radius 1 is 1.18 bits per heavy atom. The van der Waals surface area contributed by atoms with Crippen LogP contribution in [0.1, 0.15) is 0 Å². The molecule has 17 heavy (non-hydrogen) atoms. The van der Waals surface area contributed by atoms with E-state index in [1.807, 2.05) is 0 Å². The summed E-state index contributed by atoms with van der Waals surface area (Å²) in [6.07, 6.45) is 0. The molecular weight excluding hydrogens is 232 g/mol. The summed E-state index contributed by atoms with van der Waals surface area (Å²) in [7, 11) is 4.18. The van der Waals surface area contributed by atoms with Gasteiger partial charge in [-0.15, -0.1) is 0 Å². The quantitative estimate of drug-likeness (QED) is 0.488. The standard InChI is InChI=1S/C9H16N2O6/c1-10-6(12)8(14)4-17-9(15,5-16-8)7(13)11(2)3/h14-15H,4-5H2,1-3H3,(H,10,12). The lowest BCUT2D eigenvalue weighted by Gasteiger charge is -2.39. The molecule has 0 aromatic heterocycles. The van der Waals surface area contributed by atoms with E-state index < -0.39 is 36.6 Å². The number of hydrogen-bond acceptors (Lipinski definition) is 6. The van der Waals surface area contributed by atoms with Gasteiger partial charge in [-0.1, -0.05) is 0 Å². The first-order valence-electron chi connectivity index (χ1n) is 4.92. The van der Waals surface area contributed by atoms with E-state index in [1.54, 1.807) is 0 Å². The summed E-state index contributed by atoms with van der Waals surface area (Å²) in [6.45, 7) is -1.27. The van der Waals surface area contributed by atoms with Crippen molar-refractivity contribution in [2.45, 2.75) is 11.6 Å². The fourth-order valence-electron chi connectivity index (χ4n) is 1.32. The SMILES string of the molecule is CNC(=O)C1(O)COC(O)(C(=O)N(C)C)CO1. The first-order valence-corrected chi connectivity index (χ1v) is 4.92. The zero-order chi connectivity index (χ0) is 13.3. The summed E-state index contributed by atoms with van der Waals surface area (Å²) < 4.78 is 9.68. The molecule has 98 valence electrons. The van der Waals surface area contributed by atoms with Crippen molar-refractivity contribution < 1.29 is 29.3 Å². The molecule has 8 heteroatoms. The average Bonchev–Trinajstić information content (AvgIpc) is 2.31. The van der Waals surface area contributed by atoms with Crippen molar-refractivity contribution in [1.29, 1.82) is 0 Å². The molecule has 0 aromatic carbocycles. The van der Waals surface area contributed by atoms with Crippen LogP contribution in [0.15, 0.2) is 0 Å². The van der Waals surface area contributed by atoms with E-state index in [1.165, 1.54) is 21.1 Å². The topological polar surface area (TPSA) is 108 Å². The second kappa shape index (κ2) is 4.57. The normalized spacial score (nSPS) is 33.0. The molecule has 0 bridgehead atoms. The summed E-state index contributed by atoms with van der Waals surface area (Å²) in [5, 5.41) is 21.7. The van der Waals surface area contributed by atoms with Gasteiger partial charge in [-0.2, -0.15) is 0 Å². The first-order chi connectivity index (χ1) is 7.75. The predicted octanol–water partition coefficient (Wildman–Crippen LogP) is -2.76. The van der Waals surface area contributed by atoms with Crippen LogP contribution in [0.4, 0.5) is 0 Å². The molecule has 8 nitrogen and oxygen atoms in total. The number of aliphatic hydroxyl groups is 2. The van der Waals surface area contributed by atoms with Crippen molar-refractivity contribution in [2.24, 2.45) is 0 Å². The van der Waals surface area contributed by atoms with Gasteiger partial charge in [0.2, 0.25) is 0 Å². The molecule has 1 fully saturated rings. The molecule has 1 saturated heterocycles. The second-order valence-corrected chi connectivity index (χ2v) is 3.92. The summed E-state index contributed by atoms with van der Waals surface area (Å²) in [6, 6.07) is 0. The number of hydrogen-bond donors (Lipinski definition) is 3. The third kappa shape index (κ3) is 2.55. The van der Waals surface area contributed by atoms with Gasteiger partial charge in [-0.05, 0) is 0 Å². The van der Waals surface area contributed by atoms with Crippen LogP contribution in [0.3, 0.4) is 0 Å². The Morgan fingerprint density at radius 3 is 2.00 bits per heavy atom. The van der Waals surface area contributed by atoms with Gasteiger partial charge in [0.05, 0.1) is 0 Å². The lowest BCUT2D eigenvalue weighted by Crippen LogP contribution is -2.63. The predicted molar refractivity (Wildman–Crippen MR) is 54.6 cm³/mol. The number of rotatable bonds is 2. The molecule has 3 N–H and O–H groups in total. The maximum absolute atomic E-state index is 11.6. The zero-order valence-electron chi connectivity index (χ0n) is 9.89. The second-order valence-electron chi connectivity index (χ2n) is 3.92. The largest absolute Gasteiger partial charge is 0.356 e. The number of nitrogens with one attached hydrogen (secondary N) is 1. The van der Waals surface area contributed by atoms with Gasteiger partial charge >= 0.3 is 0 Å². The van der Waals surface area contributed by atoms with Crippen LogP contribution in [0.5, 0.6) is 0 Å². The molecule has 1 heterocycles. The fraction of sp³-hybridized carbons (Fsp3) is 0.778. The third-order valence-corrected chi connectivity index (χ3v) is 2.34. The van der Waals surface area contributed by atoms with Crippen LogP contribution in [-0.2, 0) is 19.1 Å². The van der Waals surface area contributed by atoms with Gasteiger partial charge < -0.3 is 29.9 Å². The van der Waals surface area contributed by atoms with Crippen molar-refractivity contribution in [2.75, 3.05) is 34.4 Å². The highest BCUT2D eigenvalue weighted by molar-refractivity contribution is 5.85. The minimum Gasteiger partial charge on any atom is -0.356 e. The Labute approximate surface area is 98.1 Å². The monoisotopic (exact) mass is 248 g/mol. The molecule has 1 aliphatic rings. The molecule has 0 saturated carbocycles. The molecule has 0 aromatic rings. The van der Waals surface area contributed by atoms with Crippen LogP contribution in [-0.4, -0.2) is 72.9 Å². The number of carbonyl (C=O) groups is 2. The van der Waals surface area contributed by atoms with Crippen molar-refractivity contribution in [3.63, 3.8) is 0 Å². The molecule has 0 radical (unpaired) electrons. The Kier molecular flexibility index (Phi) is 3.72. The van der Waals surface area contributed by atoms with Gasteiger partial charge in [0, 0.05) is 21.1 Å². The van der Waals surface area contributed by atoms with Crippen molar-refractivity contribution in [3.05, 3.63) is 0 Å². The molecule has 1 rings (SSSR count). The molecule has 0 spiro atoms. The van der Waals surface area contributed by atoms with Gasteiger partial charge in [0.15, 0.2) is 0 Å². The summed E-state index contributed by atoms with van der Waals surface area (Å²) in [5.41, 5.74) is 0. The van der Waals surface area contributed by atoms with E-state index in [0.717, 1.165) is 4.90 Å². The zero-order valence-corrected chi connectivity index (χ0v) is 9.89. The Balaban J connectivity index is 2.73. The maximum atomic E-state index is 11.6. The van der Waals surface area contributed by atoms with Gasteiger partial charge in [-0.3, -0.25) is 9.59 Å². The van der Waals surface area contributed by atoms with E-state index in [9.17, 15) is 19.8 Å². The van der Waals surface area contributed by atoms with E-state index >= 15 is 0 Å². The lowest BCUT2D eigenvalue weighted by atomic mass is 10.2. The number of likely N-dealkylation sites (N-methyl/N-ethyl adjacent to an activating group) is 2. The van der Waals surface area contributed by atoms with E-state index in [0.29, 0.717) is 0 Å². The highest BCUT2D eigenvalue weighted by Gasteiger charge is 2.51. The van der Waals surface area contributed by atoms with Crippen LogP contribution >= 0.6 is 0 Å². The minimum absolute atomic E-state index is 0.631. The van der Waals surface area contributed by atoms with Gasteiger partial charge in [0.25, 0.3) is 23.4 Å². The number of amides is 2.